The van der Waals surface area contributed by atoms with Gasteiger partial charge in [-0.3, -0.25) is 19.9 Å². The van der Waals surface area contributed by atoms with E-state index >= 15 is 0 Å². The van der Waals surface area contributed by atoms with Gasteiger partial charge in [0.2, 0.25) is 5.91 Å². The molecule has 2 aliphatic rings. The van der Waals surface area contributed by atoms with E-state index in [0.717, 1.165) is 61.3 Å². The number of carbonyl (C=O) groups is 2. The van der Waals surface area contributed by atoms with Crippen LogP contribution in [0.4, 0.5) is 21.9 Å². The molecule has 7 heteroatoms. The lowest BCUT2D eigenvalue weighted by atomic mass is 10.0. The van der Waals surface area contributed by atoms with Crippen LogP contribution in [-0.4, -0.2) is 42.6 Å². The highest BCUT2D eigenvalue weighted by molar-refractivity contribution is 6.05. The van der Waals surface area contributed by atoms with E-state index in [1.165, 1.54) is 6.42 Å². The molecule has 0 aliphatic carbocycles. The lowest BCUT2D eigenvalue weighted by molar-refractivity contribution is -0.122. The average molecular weight is 458 g/mol. The number of aryl methyl sites for hydroxylation is 2. The first kappa shape index (κ1) is 24.1. The van der Waals surface area contributed by atoms with E-state index in [-0.39, 0.29) is 24.4 Å². The van der Waals surface area contributed by atoms with Gasteiger partial charge in [-0.25, -0.2) is 4.79 Å². The first-order chi connectivity index (χ1) is 15.1. The Kier molecular flexibility index (Phi) is 8.15. The number of rotatable bonds is 4. The smallest absolute Gasteiger partial charge is 0.411 e. The number of anilines is 3. The number of fused-ring (bicyclic) bond motifs is 2. The fourth-order valence-electron chi connectivity index (χ4n) is 4.57. The van der Waals surface area contributed by atoms with Gasteiger partial charge < -0.3 is 4.74 Å². The fraction of sp³-hybridized carbons (Fsp3) is 0.440. The molecule has 2 aromatic carbocycles. The zero-order valence-corrected chi connectivity index (χ0v) is 19.6. The van der Waals surface area contributed by atoms with Crippen LogP contribution in [0.25, 0.3) is 0 Å². The van der Waals surface area contributed by atoms with Crippen LogP contribution >= 0.6 is 12.4 Å². The third-order valence-electron chi connectivity index (χ3n) is 6.26. The topological polar surface area (TPSA) is 61.9 Å². The second kappa shape index (κ2) is 10.8. The molecule has 0 bridgehead atoms. The van der Waals surface area contributed by atoms with Crippen molar-refractivity contribution in [2.75, 3.05) is 29.9 Å². The monoisotopic (exact) mass is 457 g/mol. The zero-order valence-electron chi connectivity index (χ0n) is 18.8. The Bertz CT molecular complexity index is 959. The molecule has 6 nitrogen and oxygen atoms in total. The molecule has 172 valence electrons. The maximum absolute atomic E-state index is 13.9. The van der Waals surface area contributed by atoms with Gasteiger partial charge in [-0.2, -0.15) is 0 Å². The number of hydrogen-bond acceptors (Lipinski definition) is 4. The molecule has 1 unspecified atom stereocenters. The Hall–Kier alpha value is -2.57. The van der Waals surface area contributed by atoms with E-state index in [0.29, 0.717) is 12.3 Å². The molecule has 0 radical (unpaired) electrons. The minimum Gasteiger partial charge on any atom is -0.450 e. The van der Waals surface area contributed by atoms with Gasteiger partial charge in [-0.15, -0.1) is 12.4 Å². The molecule has 32 heavy (non-hydrogen) atoms. The van der Waals surface area contributed by atoms with Crippen LogP contribution in [0, 0.1) is 0 Å². The highest BCUT2D eigenvalue weighted by atomic mass is 35.5. The van der Waals surface area contributed by atoms with Gasteiger partial charge in [0.25, 0.3) is 0 Å². The number of likely N-dealkylation sites (tertiary alicyclic amines) is 1. The van der Waals surface area contributed by atoms with E-state index in [1.807, 2.05) is 48.2 Å². The van der Waals surface area contributed by atoms with Crippen molar-refractivity contribution in [2.24, 2.45) is 0 Å². The van der Waals surface area contributed by atoms with E-state index in [4.69, 9.17) is 4.74 Å². The normalized spacial score (nSPS) is 16.6. The Labute approximate surface area is 196 Å². The third-order valence-corrected chi connectivity index (χ3v) is 6.26. The SMILES string of the molecule is CCOC(=O)Nc1ccc2c(c1)N(C(=O)C(C)N1CCCCC1)c1ccccc1CC2.Cl. The lowest BCUT2D eigenvalue weighted by Gasteiger charge is -2.35. The molecule has 0 spiro atoms. The van der Waals surface area contributed by atoms with Crippen molar-refractivity contribution >= 4 is 41.5 Å². The highest BCUT2D eigenvalue weighted by Crippen LogP contribution is 2.38. The summed E-state index contributed by atoms with van der Waals surface area (Å²) in [4.78, 5) is 30.0. The van der Waals surface area contributed by atoms with Crippen molar-refractivity contribution in [3.05, 3.63) is 53.6 Å². The zero-order chi connectivity index (χ0) is 21.8. The van der Waals surface area contributed by atoms with Gasteiger partial charge in [0.15, 0.2) is 0 Å². The van der Waals surface area contributed by atoms with Crippen molar-refractivity contribution in [1.82, 2.24) is 4.90 Å². The summed E-state index contributed by atoms with van der Waals surface area (Å²) in [5.74, 6) is 0.0748. The number of benzene rings is 2. The summed E-state index contributed by atoms with van der Waals surface area (Å²) in [7, 11) is 0. The molecule has 1 fully saturated rings. The van der Waals surface area contributed by atoms with Crippen molar-refractivity contribution in [1.29, 1.82) is 0 Å². The Morgan fingerprint density at radius 2 is 1.69 bits per heavy atom. The first-order valence-electron chi connectivity index (χ1n) is 11.3. The summed E-state index contributed by atoms with van der Waals surface area (Å²) in [6.07, 6.45) is 4.73. The van der Waals surface area contributed by atoms with E-state index in [1.54, 1.807) is 6.92 Å². The quantitative estimate of drug-likeness (QED) is 0.675. The molecule has 2 aromatic rings. The molecule has 1 N–H and O–H groups in total. The Morgan fingerprint density at radius 1 is 1.00 bits per heavy atom. The fourth-order valence-corrected chi connectivity index (χ4v) is 4.57. The molecule has 1 saturated heterocycles. The van der Waals surface area contributed by atoms with Crippen LogP contribution < -0.4 is 10.2 Å². The number of amides is 2. The second-order valence-electron chi connectivity index (χ2n) is 8.26. The highest BCUT2D eigenvalue weighted by Gasteiger charge is 2.32. The minimum atomic E-state index is -0.490. The van der Waals surface area contributed by atoms with Crippen LogP contribution in [0.2, 0.25) is 0 Å². The molecule has 0 aromatic heterocycles. The molecular formula is C25H32ClN3O3. The van der Waals surface area contributed by atoms with Crippen LogP contribution in [0.1, 0.15) is 44.2 Å². The van der Waals surface area contributed by atoms with Crippen LogP contribution in [0.5, 0.6) is 0 Å². The summed E-state index contributed by atoms with van der Waals surface area (Å²) < 4.78 is 5.03. The van der Waals surface area contributed by atoms with E-state index < -0.39 is 6.09 Å². The first-order valence-corrected chi connectivity index (χ1v) is 11.3. The van der Waals surface area contributed by atoms with Crippen LogP contribution in [0.15, 0.2) is 42.5 Å². The number of para-hydroxylation sites is 1. The maximum Gasteiger partial charge on any atom is 0.411 e. The lowest BCUT2D eigenvalue weighted by Crippen LogP contribution is -2.47. The predicted octanol–water partition coefficient (Wildman–Crippen LogP) is 5.31. The van der Waals surface area contributed by atoms with Crippen LogP contribution in [0.3, 0.4) is 0 Å². The van der Waals surface area contributed by atoms with Crippen molar-refractivity contribution < 1.29 is 14.3 Å². The van der Waals surface area contributed by atoms with Gasteiger partial charge in [-0.1, -0.05) is 30.7 Å². The average Bonchev–Trinajstić information content (AvgIpc) is 2.95. The predicted molar refractivity (Wildman–Crippen MR) is 130 cm³/mol. The molecule has 0 saturated carbocycles. The summed E-state index contributed by atoms with van der Waals surface area (Å²) in [5.41, 5.74) is 4.67. The number of ether oxygens (including phenoxy) is 1. The van der Waals surface area contributed by atoms with Gasteiger partial charge >= 0.3 is 6.09 Å². The van der Waals surface area contributed by atoms with Crippen molar-refractivity contribution in [3.8, 4) is 0 Å². The molecule has 2 heterocycles. The number of nitrogens with zero attached hydrogens (tertiary/aromatic N) is 2. The maximum atomic E-state index is 13.9. The molecule has 1 atom stereocenters. The summed E-state index contributed by atoms with van der Waals surface area (Å²) >= 11 is 0. The number of hydrogen-bond donors (Lipinski definition) is 1. The summed E-state index contributed by atoms with van der Waals surface area (Å²) in [5, 5.41) is 2.78. The van der Waals surface area contributed by atoms with Gasteiger partial charge in [0.1, 0.15) is 0 Å². The van der Waals surface area contributed by atoms with Crippen molar-refractivity contribution in [3.63, 3.8) is 0 Å². The summed E-state index contributed by atoms with van der Waals surface area (Å²) in [6.45, 7) is 6.01. The van der Waals surface area contributed by atoms with E-state index in [9.17, 15) is 9.59 Å². The third kappa shape index (κ3) is 5.08. The van der Waals surface area contributed by atoms with Gasteiger partial charge in [0, 0.05) is 5.69 Å². The minimum absolute atomic E-state index is 0. The van der Waals surface area contributed by atoms with Gasteiger partial charge in [-0.05, 0) is 81.9 Å². The molecule has 2 amide bonds. The standard InChI is InChI=1S/C25H31N3O3.ClH/c1-3-31-25(30)26-21-14-13-20-12-11-19-9-5-6-10-22(19)28(23(20)17-21)24(29)18(2)27-15-7-4-8-16-27;/h5-6,9-10,13-14,17-18H,3-4,7-8,11-12,15-16H2,1-2H3,(H,26,30);1H. The molecular weight excluding hydrogens is 426 g/mol. The number of nitrogens with one attached hydrogen (secondary N) is 1. The van der Waals surface area contributed by atoms with Gasteiger partial charge in [0.05, 0.1) is 24.0 Å². The number of halogens is 1. The number of piperidine rings is 1. The Morgan fingerprint density at radius 3 is 2.41 bits per heavy atom. The summed E-state index contributed by atoms with van der Waals surface area (Å²) in [6, 6.07) is 13.7. The largest absolute Gasteiger partial charge is 0.450 e. The Balaban J connectivity index is 0.00000289. The second-order valence-corrected chi connectivity index (χ2v) is 8.26. The van der Waals surface area contributed by atoms with Crippen LogP contribution in [-0.2, 0) is 22.4 Å². The molecule has 2 aliphatic heterocycles. The van der Waals surface area contributed by atoms with Crippen molar-refractivity contribution in [2.45, 2.75) is 52.0 Å². The van der Waals surface area contributed by atoms with E-state index in [2.05, 4.69) is 16.3 Å². The number of carbonyl (C=O) groups excluding carboxylic acids is 2. The molecule has 4 rings (SSSR count).